The monoisotopic (exact) mass is 231 g/mol. The summed E-state index contributed by atoms with van der Waals surface area (Å²) in [7, 11) is 1.62. The van der Waals surface area contributed by atoms with E-state index in [9.17, 15) is 4.39 Å². The Hall–Kier alpha value is -1.87. The first kappa shape index (κ1) is 11.6. The molecule has 0 amide bonds. The summed E-state index contributed by atoms with van der Waals surface area (Å²) in [6, 6.07) is 12.3. The second-order valence-corrected chi connectivity index (χ2v) is 3.73. The molecule has 2 N–H and O–H groups in total. The molecule has 0 saturated heterocycles. The molecule has 0 fully saturated rings. The number of ether oxygens (including phenoxy) is 1. The van der Waals surface area contributed by atoms with E-state index in [4.69, 9.17) is 10.5 Å². The van der Waals surface area contributed by atoms with E-state index in [1.165, 1.54) is 12.1 Å². The van der Waals surface area contributed by atoms with Crippen molar-refractivity contribution in [1.29, 1.82) is 0 Å². The van der Waals surface area contributed by atoms with Gasteiger partial charge in [-0.25, -0.2) is 4.39 Å². The molecule has 2 aromatic carbocycles. The predicted molar refractivity (Wildman–Crippen MR) is 66.3 cm³/mol. The smallest absolute Gasteiger partial charge is 0.123 e. The zero-order chi connectivity index (χ0) is 12.3. The Labute approximate surface area is 99.8 Å². The largest absolute Gasteiger partial charge is 0.497 e. The lowest BCUT2D eigenvalue weighted by molar-refractivity contribution is 0.415. The maximum absolute atomic E-state index is 13.1. The Kier molecular flexibility index (Phi) is 3.40. The van der Waals surface area contributed by atoms with Gasteiger partial charge in [-0.2, -0.15) is 0 Å². The summed E-state index contributed by atoms with van der Waals surface area (Å²) < 4.78 is 18.2. The average molecular weight is 231 g/mol. The Morgan fingerprint density at radius 3 is 2.41 bits per heavy atom. The third-order valence-electron chi connectivity index (χ3n) is 2.69. The molecule has 88 valence electrons. The van der Waals surface area contributed by atoms with Crippen LogP contribution in [-0.4, -0.2) is 7.11 Å². The van der Waals surface area contributed by atoms with Crippen LogP contribution in [0.25, 0.3) is 11.1 Å². The predicted octanol–water partition coefficient (Wildman–Crippen LogP) is 2.96. The Bertz CT molecular complexity index is 508. The third-order valence-corrected chi connectivity index (χ3v) is 2.69. The maximum Gasteiger partial charge on any atom is 0.123 e. The Morgan fingerprint density at radius 2 is 1.82 bits per heavy atom. The molecule has 0 radical (unpaired) electrons. The molecule has 17 heavy (non-hydrogen) atoms. The first-order valence-corrected chi connectivity index (χ1v) is 5.37. The number of rotatable bonds is 3. The van der Waals surface area contributed by atoms with E-state index in [-0.39, 0.29) is 5.82 Å². The van der Waals surface area contributed by atoms with E-state index >= 15 is 0 Å². The van der Waals surface area contributed by atoms with Crippen molar-refractivity contribution < 1.29 is 9.13 Å². The molecule has 0 aliphatic carbocycles. The molecule has 0 unspecified atom stereocenters. The van der Waals surface area contributed by atoms with Gasteiger partial charge in [0.05, 0.1) is 7.11 Å². The summed E-state index contributed by atoms with van der Waals surface area (Å²) >= 11 is 0. The summed E-state index contributed by atoms with van der Waals surface area (Å²) in [5.74, 6) is 0.535. The van der Waals surface area contributed by atoms with Crippen molar-refractivity contribution in [2.45, 2.75) is 6.54 Å². The van der Waals surface area contributed by atoms with Gasteiger partial charge in [0.1, 0.15) is 11.6 Å². The van der Waals surface area contributed by atoms with Crippen LogP contribution in [0.2, 0.25) is 0 Å². The molecule has 0 heterocycles. The fourth-order valence-electron chi connectivity index (χ4n) is 1.78. The molecule has 0 aliphatic rings. The van der Waals surface area contributed by atoms with E-state index in [0.29, 0.717) is 6.54 Å². The van der Waals surface area contributed by atoms with Crippen LogP contribution in [0.15, 0.2) is 42.5 Å². The van der Waals surface area contributed by atoms with Gasteiger partial charge in [-0.15, -0.1) is 0 Å². The lowest BCUT2D eigenvalue weighted by Crippen LogP contribution is -1.99. The van der Waals surface area contributed by atoms with Crippen molar-refractivity contribution >= 4 is 0 Å². The highest BCUT2D eigenvalue weighted by atomic mass is 19.1. The third kappa shape index (κ3) is 2.45. The van der Waals surface area contributed by atoms with Gasteiger partial charge in [0.25, 0.3) is 0 Å². The average Bonchev–Trinajstić information content (AvgIpc) is 2.39. The van der Waals surface area contributed by atoms with Crippen LogP contribution >= 0.6 is 0 Å². The summed E-state index contributed by atoms with van der Waals surface area (Å²) in [6.45, 7) is 0.319. The van der Waals surface area contributed by atoms with Gasteiger partial charge < -0.3 is 10.5 Å². The highest BCUT2D eigenvalue weighted by molar-refractivity contribution is 5.68. The van der Waals surface area contributed by atoms with Crippen molar-refractivity contribution in [3.05, 3.63) is 53.8 Å². The molecular formula is C14H14FNO. The SMILES string of the molecule is COc1ccc(-c2ccc(F)cc2CN)cc1. The molecule has 0 bridgehead atoms. The number of hydrogen-bond acceptors (Lipinski definition) is 2. The zero-order valence-corrected chi connectivity index (χ0v) is 9.61. The highest BCUT2D eigenvalue weighted by Crippen LogP contribution is 2.26. The fourth-order valence-corrected chi connectivity index (χ4v) is 1.78. The molecule has 2 rings (SSSR count). The molecule has 3 heteroatoms. The molecule has 0 aliphatic heterocycles. The minimum absolute atomic E-state index is 0.261. The van der Waals surface area contributed by atoms with E-state index in [2.05, 4.69) is 0 Å². The van der Waals surface area contributed by atoms with E-state index in [1.54, 1.807) is 13.2 Å². The first-order chi connectivity index (χ1) is 8.24. The lowest BCUT2D eigenvalue weighted by atomic mass is 9.99. The number of halogens is 1. The minimum atomic E-state index is -0.261. The van der Waals surface area contributed by atoms with Crippen LogP contribution in [0.3, 0.4) is 0 Å². The Morgan fingerprint density at radius 1 is 1.12 bits per heavy atom. The number of hydrogen-bond donors (Lipinski definition) is 1. The number of nitrogens with two attached hydrogens (primary N) is 1. The normalized spacial score (nSPS) is 10.3. The first-order valence-electron chi connectivity index (χ1n) is 5.37. The molecule has 0 aromatic heterocycles. The van der Waals surface area contributed by atoms with E-state index < -0.39 is 0 Å². The fraction of sp³-hybridized carbons (Fsp3) is 0.143. The zero-order valence-electron chi connectivity index (χ0n) is 9.61. The molecule has 0 atom stereocenters. The molecule has 0 spiro atoms. The standard InChI is InChI=1S/C14H14FNO/c1-17-13-5-2-10(3-6-13)14-7-4-12(15)8-11(14)9-16/h2-8H,9,16H2,1H3. The second-order valence-electron chi connectivity index (χ2n) is 3.73. The van der Waals surface area contributed by atoms with Crippen LogP contribution in [0, 0.1) is 5.82 Å². The van der Waals surface area contributed by atoms with Gasteiger partial charge in [-0.3, -0.25) is 0 Å². The molecule has 2 nitrogen and oxygen atoms in total. The molecule has 2 aromatic rings. The molecular weight excluding hydrogens is 217 g/mol. The topological polar surface area (TPSA) is 35.2 Å². The van der Waals surface area contributed by atoms with E-state index in [0.717, 1.165) is 22.4 Å². The van der Waals surface area contributed by atoms with Gasteiger partial charge in [-0.05, 0) is 41.0 Å². The van der Waals surface area contributed by atoms with Crippen molar-refractivity contribution in [3.8, 4) is 16.9 Å². The lowest BCUT2D eigenvalue weighted by Gasteiger charge is -2.09. The maximum atomic E-state index is 13.1. The summed E-state index contributed by atoms with van der Waals surface area (Å²) in [5.41, 5.74) is 8.38. The van der Waals surface area contributed by atoms with Crippen LogP contribution in [0.5, 0.6) is 5.75 Å². The van der Waals surface area contributed by atoms with Gasteiger partial charge in [-0.1, -0.05) is 18.2 Å². The number of benzene rings is 2. The van der Waals surface area contributed by atoms with Crippen molar-refractivity contribution in [2.24, 2.45) is 5.73 Å². The Balaban J connectivity index is 2.44. The minimum Gasteiger partial charge on any atom is -0.497 e. The number of methoxy groups -OCH3 is 1. The summed E-state index contributed by atoms with van der Waals surface area (Å²) in [4.78, 5) is 0. The van der Waals surface area contributed by atoms with Crippen molar-refractivity contribution in [2.75, 3.05) is 7.11 Å². The van der Waals surface area contributed by atoms with Gasteiger partial charge in [0.15, 0.2) is 0 Å². The highest BCUT2D eigenvalue weighted by Gasteiger charge is 2.05. The van der Waals surface area contributed by atoms with Gasteiger partial charge in [0, 0.05) is 6.54 Å². The second kappa shape index (κ2) is 4.97. The van der Waals surface area contributed by atoms with Crippen LogP contribution < -0.4 is 10.5 Å². The van der Waals surface area contributed by atoms with E-state index in [1.807, 2.05) is 24.3 Å². The quantitative estimate of drug-likeness (QED) is 0.881. The van der Waals surface area contributed by atoms with Gasteiger partial charge >= 0.3 is 0 Å². The summed E-state index contributed by atoms with van der Waals surface area (Å²) in [5, 5.41) is 0. The van der Waals surface area contributed by atoms with Crippen LogP contribution in [-0.2, 0) is 6.54 Å². The van der Waals surface area contributed by atoms with Crippen LogP contribution in [0.4, 0.5) is 4.39 Å². The molecule has 0 saturated carbocycles. The van der Waals surface area contributed by atoms with Gasteiger partial charge in [0.2, 0.25) is 0 Å². The van der Waals surface area contributed by atoms with Crippen molar-refractivity contribution in [3.63, 3.8) is 0 Å². The summed E-state index contributed by atoms with van der Waals surface area (Å²) in [6.07, 6.45) is 0. The van der Waals surface area contributed by atoms with Crippen LogP contribution in [0.1, 0.15) is 5.56 Å². The van der Waals surface area contributed by atoms with Crippen molar-refractivity contribution in [1.82, 2.24) is 0 Å².